The summed E-state index contributed by atoms with van der Waals surface area (Å²) in [5, 5.41) is 0. The van der Waals surface area contributed by atoms with Crippen molar-refractivity contribution in [1.29, 1.82) is 0 Å². The highest BCUT2D eigenvalue weighted by molar-refractivity contribution is 6.01. The molecule has 0 radical (unpaired) electrons. The van der Waals surface area contributed by atoms with E-state index >= 15 is 0 Å². The molecule has 2 aromatic rings. The van der Waals surface area contributed by atoms with Gasteiger partial charge in [0, 0.05) is 30.5 Å². The van der Waals surface area contributed by atoms with Gasteiger partial charge in [-0.15, -0.1) is 0 Å². The van der Waals surface area contributed by atoms with Crippen LogP contribution in [0.2, 0.25) is 0 Å². The first-order valence-corrected chi connectivity index (χ1v) is 7.17. The summed E-state index contributed by atoms with van der Waals surface area (Å²) >= 11 is 0. The number of aromatic nitrogens is 1. The first-order valence-electron chi connectivity index (χ1n) is 7.17. The minimum absolute atomic E-state index is 0.110. The lowest BCUT2D eigenvalue weighted by Crippen LogP contribution is -2.34. The monoisotopic (exact) mass is 299 g/mol. The molecule has 0 bridgehead atoms. The number of carbonyl (C=O) groups is 2. The zero-order chi connectivity index (χ0) is 15.5. The molecule has 2 heterocycles. The highest BCUT2D eigenvalue weighted by atomic mass is 19.1. The summed E-state index contributed by atoms with van der Waals surface area (Å²) in [7, 11) is 0. The number of imide groups is 1. The Kier molecular flexibility index (Phi) is 3.96. The zero-order valence-corrected chi connectivity index (χ0v) is 12.0. The number of amides is 2. The van der Waals surface area contributed by atoms with E-state index in [-0.39, 0.29) is 17.6 Å². The average Bonchev–Trinajstić information content (AvgIpc) is 2.81. The summed E-state index contributed by atoms with van der Waals surface area (Å²) < 4.78 is 15.1. The molecular weight excluding hydrogens is 283 g/mol. The van der Waals surface area contributed by atoms with Crippen LogP contribution in [0.3, 0.4) is 0 Å². The molecule has 5 heteroatoms. The van der Waals surface area contributed by atoms with Gasteiger partial charge >= 0.3 is 0 Å². The lowest BCUT2D eigenvalue weighted by molar-refractivity contribution is -0.688. The summed E-state index contributed by atoms with van der Waals surface area (Å²) in [4.78, 5) is 24.5. The van der Waals surface area contributed by atoms with Crippen LogP contribution in [0.1, 0.15) is 24.0 Å². The SMILES string of the molecule is O=C1CCC(=O)N1Cc1cc[n+](Cc2cccc(F)c2)cc1. The van der Waals surface area contributed by atoms with E-state index in [2.05, 4.69) is 0 Å². The largest absolute Gasteiger partial charge is 0.278 e. The maximum Gasteiger partial charge on any atom is 0.229 e. The summed E-state index contributed by atoms with van der Waals surface area (Å²) in [6.07, 6.45) is 4.35. The fourth-order valence-electron chi connectivity index (χ4n) is 2.53. The number of pyridine rings is 1. The average molecular weight is 299 g/mol. The maximum absolute atomic E-state index is 13.2. The minimum Gasteiger partial charge on any atom is -0.278 e. The van der Waals surface area contributed by atoms with E-state index in [0.29, 0.717) is 25.9 Å². The first-order chi connectivity index (χ1) is 10.6. The quantitative estimate of drug-likeness (QED) is 0.638. The third kappa shape index (κ3) is 3.19. The smallest absolute Gasteiger partial charge is 0.229 e. The molecule has 112 valence electrons. The van der Waals surface area contributed by atoms with Gasteiger partial charge in [0.25, 0.3) is 0 Å². The second-order valence-electron chi connectivity index (χ2n) is 5.38. The lowest BCUT2D eigenvalue weighted by atomic mass is 10.2. The van der Waals surface area contributed by atoms with Crippen molar-refractivity contribution >= 4 is 11.8 Å². The molecule has 0 saturated carbocycles. The molecule has 0 N–H and O–H groups in total. The Bertz CT molecular complexity index is 697. The van der Waals surface area contributed by atoms with E-state index in [4.69, 9.17) is 0 Å². The summed E-state index contributed by atoms with van der Waals surface area (Å²) in [5.74, 6) is -0.469. The molecule has 22 heavy (non-hydrogen) atoms. The first kappa shape index (κ1) is 14.4. The Morgan fingerprint density at radius 2 is 1.68 bits per heavy atom. The molecule has 3 rings (SSSR count). The number of hydrogen-bond acceptors (Lipinski definition) is 2. The van der Waals surface area contributed by atoms with Crippen LogP contribution in [-0.4, -0.2) is 16.7 Å². The summed E-state index contributed by atoms with van der Waals surface area (Å²) in [5.41, 5.74) is 1.78. The maximum atomic E-state index is 13.2. The number of carbonyl (C=O) groups excluding carboxylic acids is 2. The fraction of sp³-hybridized carbons (Fsp3) is 0.235. The standard InChI is InChI=1S/C17H16FN2O2/c18-15-3-1-2-14(10-15)11-19-8-6-13(7-9-19)12-20-16(21)4-5-17(20)22/h1-3,6-10H,4-5,11-12H2/q+1. The van der Waals surface area contributed by atoms with Crippen molar-refractivity contribution in [2.45, 2.75) is 25.9 Å². The van der Waals surface area contributed by atoms with E-state index in [1.165, 1.54) is 17.0 Å². The van der Waals surface area contributed by atoms with Gasteiger partial charge in [-0.1, -0.05) is 12.1 Å². The molecule has 4 nitrogen and oxygen atoms in total. The van der Waals surface area contributed by atoms with Gasteiger partial charge in [0.2, 0.25) is 11.8 Å². The predicted molar refractivity (Wildman–Crippen MR) is 76.9 cm³/mol. The van der Waals surface area contributed by atoms with Gasteiger partial charge in [0.05, 0.1) is 6.54 Å². The third-order valence-corrected chi connectivity index (χ3v) is 3.71. The second-order valence-corrected chi connectivity index (χ2v) is 5.38. The highest BCUT2D eigenvalue weighted by Crippen LogP contribution is 2.15. The lowest BCUT2D eigenvalue weighted by Gasteiger charge is -2.12. The molecule has 0 aliphatic carbocycles. The molecule has 0 unspecified atom stereocenters. The Morgan fingerprint density at radius 1 is 1.00 bits per heavy atom. The van der Waals surface area contributed by atoms with Crippen molar-refractivity contribution < 1.29 is 18.5 Å². The Labute approximate surface area is 127 Å². The number of nitrogens with zero attached hydrogens (tertiary/aromatic N) is 2. The van der Waals surface area contributed by atoms with Gasteiger partial charge in [-0.05, 0) is 17.7 Å². The van der Waals surface area contributed by atoms with Gasteiger partial charge in [0.15, 0.2) is 18.9 Å². The van der Waals surface area contributed by atoms with Gasteiger partial charge in [0.1, 0.15) is 5.82 Å². The van der Waals surface area contributed by atoms with Gasteiger partial charge in [-0.3, -0.25) is 14.5 Å². The number of hydrogen-bond donors (Lipinski definition) is 0. The van der Waals surface area contributed by atoms with Crippen LogP contribution in [0.4, 0.5) is 4.39 Å². The number of halogens is 1. The molecule has 1 aromatic carbocycles. The van der Waals surface area contributed by atoms with Crippen molar-refractivity contribution in [3.05, 3.63) is 65.7 Å². The van der Waals surface area contributed by atoms with Crippen molar-refractivity contribution in [3.63, 3.8) is 0 Å². The minimum atomic E-state index is -0.249. The van der Waals surface area contributed by atoms with E-state index in [1.54, 1.807) is 6.07 Å². The molecule has 1 aliphatic heterocycles. The van der Waals surface area contributed by atoms with Gasteiger partial charge < -0.3 is 0 Å². The van der Waals surface area contributed by atoms with Crippen molar-refractivity contribution in [2.75, 3.05) is 0 Å². The molecule has 0 spiro atoms. The van der Waals surface area contributed by atoms with Crippen LogP contribution in [0.15, 0.2) is 48.8 Å². The van der Waals surface area contributed by atoms with Crippen LogP contribution in [0.5, 0.6) is 0 Å². The molecule has 1 fully saturated rings. The van der Waals surface area contributed by atoms with Crippen LogP contribution >= 0.6 is 0 Å². The Morgan fingerprint density at radius 3 is 2.32 bits per heavy atom. The van der Waals surface area contributed by atoms with Crippen molar-refractivity contribution in [2.24, 2.45) is 0 Å². The third-order valence-electron chi connectivity index (χ3n) is 3.71. The van der Waals surface area contributed by atoms with Gasteiger partial charge in [-0.2, -0.15) is 0 Å². The van der Waals surface area contributed by atoms with Crippen LogP contribution in [0, 0.1) is 5.82 Å². The van der Waals surface area contributed by atoms with E-state index < -0.39 is 0 Å². The van der Waals surface area contributed by atoms with Crippen LogP contribution < -0.4 is 4.57 Å². The second kappa shape index (κ2) is 6.05. The van der Waals surface area contributed by atoms with E-state index in [0.717, 1.165) is 11.1 Å². The highest BCUT2D eigenvalue weighted by Gasteiger charge is 2.28. The number of rotatable bonds is 4. The van der Waals surface area contributed by atoms with Crippen LogP contribution in [-0.2, 0) is 22.7 Å². The van der Waals surface area contributed by atoms with Crippen LogP contribution in [0.25, 0.3) is 0 Å². The predicted octanol–water partition coefficient (Wildman–Crippen LogP) is 1.81. The Balaban J connectivity index is 1.68. The molecule has 1 aromatic heterocycles. The molecule has 2 amide bonds. The summed E-state index contributed by atoms with van der Waals surface area (Å²) in [6, 6.07) is 10.2. The fourth-order valence-corrected chi connectivity index (χ4v) is 2.53. The summed E-state index contributed by atoms with van der Waals surface area (Å²) in [6.45, 7) is 0.887. The van der Waals surface area contributed by atoms with E-state index in [9.17, 15) is 14.0 Å². The number of benzene rings is 1. The normalized spacial score (nSPS) is 14.7. The molecule has 1 aliphatic rings. The van der Waals surface area contributed by atoms with Gasteiger partial charge in [-0.25, -0.2) is 8.96 Å². The number of likely N-dealkylation sites (tertiary alicyclic amines) is 1. The molecule has 0 atom stereocenters. The Hall–Kier alpha value is -2.56. The van der Waals surface area contributed by atoms with Crippen molar-refractivity contribution in [1.82, 2.24) is 4.90 Å². The zero-order valence-electron chi connectivity index (χ0n) is 12.0. The van der Waals surface area contributed by atoms with E-state index in [1.807, 2.05) is 35.2 Å². The topological polar surface area (TPSA) is 41.3 Å². The van der Waals surface area contributed by atoms with Crippen molar-refractivity contribution in [3.8, 4) is 0 Å². The molecule has 1 saturated heterocycles. The molecular formula is C17H16FN2O2+.